The van der Waals surface area contributed by atoms with Crippen molar-refractivity contribution < 1.29 is 18.3 Å². The van der Waals surface area contributed by atoms with Crippen LogP contribution in [-0.2, 0) is 14.8 Å². The summed E-state index contributed by atoms with van der Waals surface area (Å²) in [5, 5.41) is 7.53. The average Bonchev–Trinajstić information content (AvgIpc) is 2.27. The summed E-state index contributed by atoms with van der Waals surface area (Å²) in [4.78, 5) is 10.9. The number of carbonyl (C=O) groups is 1. The standard InChI is InChI=1S/C12H25NO4S/c1-6-11(7-2)13(8-9(3)4)18(16,17)10(5)12(14)15/h9-11H,6-8H2,1-5H3,(H,14,15). The maximum Gasteiger partial charge on any atom is 0.323 e. The normalized spacial score (nSPS) is 14.4. The Labute approximate surface area is 110 Å². The molecule has 6 heteroatoms. The third-order valence-electron chi connectivity index (χ3n) is 3.02. The monoisotopic (exact) mass is 279 g/mol. The van der Waals surface area contributed by atoms with E-state index < -0.39 is 21.2 Å². The zero-order valence-electron chi connectivity index (χ0n) is 11.9. The number of aliphatic carboxylic acids is 1. The van der Waals surface area contributed by atoms with E-state index in [9.17, 15) is 13.2 Å². The van der Waals surface area contributed by atoms with E-state index in [1.807, 2.05) is 27.7 Å². The molecule has 0 spiro atoms. The average molecular weight is 279 g/mol. The van der Waals surface area contributed by atoms with Gasteiger partial charge in [0.1, 0.15) is 0 Å². The first-order chi connectivity index (χ1) is 8.18. The molecule has 0 aliphatic rings. The van der Waals surface area contributed by atoms with E-state index in [0.717, 1.165) is 0 Å². The van der Waals surface area contributed by atoms with E-state index in [-0.39, 0.29) is 12.0 Å². The Morgan fingerprint density at radius 3 is 1.89 bits per heavy atom. The molecule has 0 aromatic carbocycles. The Morgan fingerprint density at radius 2 is 1.61 bits per heavy atom. The molecule has 1 atom stereocenters. The largest absolute Gasteiger partial charge is 0.480 e. The molecule has 0 bridgehead atoms. The fraction of sp³-hybridized carbons (Fsp3) is 0.917. The number of carboxylic acid groups (broad SMARTS) is 1. The number of sulfonamides is 1. The Balaban J connectivity index is 5.36. The van der Waals surface area contributed by atoms with Crippen LogP contribution in [0.3, 0.4) is 0 Å². The van der Waals surface area contributed by atoms with Crippen LogP contribution in [0.25, 0.3) is 0 Å². The second kappa shape index (κ2) is 7.09. The van der Waals surface area contributed by atoms with Gasteiger partial charge in [-0.2, -0.15) is 4.31 Å². The van der Waals surface area contributed by atoms with E-state index in [0.29, 0.717) is 19.4 Å². The van der Waals surface area contributed by atoms with Crippen LogP contribution in [0, 0.1) is 5.92 Å². The molecular weight excluding hydrogens is 254 g/mol. The predicted molar refractivity (Wildman–Crippen MR) is 71.9 cm³/mol. The van der Waals surface area contributed by atoms with Crippen molar-refractivity contribution in [2.24, 2.45) is 5.92 Å². The second-order valence-electron chi connectivity index (χ2n) is 4.96. The number of hydrogen-bond acceptors (Lipinski definition) is 3. The van der Waals surface area contributed by atoms with Gasteiger partial charge < -0.3 is 5.11 Å². The van der Waals surface area contributed by atoms with Gasteiger partial charge in [0.25, 0.3) is 0 Å². The Morgan fingerprint density at radius 1 is 1.17 bits per heavy atom. The molecule has 18 heavy (non-hydrogen) atoms. The summed E-state index contributed by atoms with van der Waals surface area (Å²) in [6.07, 6.45) is 1.38. The van der Waals surface area contributed by atoms with Gasteiger partial charge in [0.2, 0.25) is 10.0 Å². The highest BCUT2D eigenvalue weighted by Crippen LogP contribution is 2.19. The zero-order valence-corrected chi connectivity index (χ0v) is 12.7. The summed E-state index contributed by atoms with van der Waals surface area (Å²) in [5.74, 6) is -1.13. The molecule has 0 aliphatic heterocycles. The van der Waals surface area contributed by atoms with Gasteiger partial charge in [-0.05, 0) is 25.7 Å². The lowest BCUT2D eigenvalue weighted by molar-refractivity contribution is -0.136. The summed E-state index contributed by atoms with van der Waals surface area (Å²) in [6.45, 7) is 9.29. The van der Waals surface area contributed by atoms with Crippen LogP contribution in [-0.4, -0.2) is 41.6 Å². The van der Waals surface area contributed by atoms with Gasteiger partial charge in [-0.25, -0.2) is 8.42 Å². The molecule has 0 rings (SSSR count). The molecule has 5 nitrogen and oxygen atoms in total. The third kappa shape index (κ3) is 4.24. The Kier molecular flexibility index (Phi) is 6.84. The molecule has 0 aromatic heterocycles. The summed E-state index contributed by atoms with van der Waals surface area (Å²) < 4.78 is 26.0. The van der Waals surface area contributed by atoms with Crippen molar-refractivity contribution in [2.75, 3.05) is 6.54 Å². The molecule has 0 aromatic rings. The molecule has 108 valence electrons. The molecule has 0 heterocycles. The lowest BCUT2D eigenvalue weighted by Gasteiger charge is -2.32. The number of rotatable bonds is 8. The van der Waals surface area contributed by atoms with Crippen molar-refractivity contribution in [3.8, 4) is 0 Å². The van der Waals surface area contributed by atoms with Gasteiger partial charge in [-0.1, -0.05) is 27.7 Å². The van der Waals surface area contributed by atoms with Crippen molar-refractivity contribution in [1.29, 1.82) is 0 Å². The molecule has 0 saturated carbocycles. The highest BCUT2D eigenvalue weighted by molar-refractivity contribution is 7.90. The topological polar surface area (TPSA) is 74.7 Å². The molecule has 1 unspecified atom stereocenters. The fourth-order valence-corrected chi connectivity index (χ4v) is 3.73. The fourth-order valence-electron chi connectivity index (χ4n) is 1.85. The smallest absolute Gasteiger partial charge is 0.323 e. The molecule has 0 saturated heterocycles. The minimum Gasteiger partial charge on any atom is -0.480 e. The Bertz CT molecular complexity index is 360. The maximum absolute atomic E-state index is 12.3. The lowest BCUT2D eigenvalue weighted by atomic mass is 10.1. The van der Waals surface area contributed by atoms with Crippen molar-refractivity contribution >= 4 is 16.0 Å². The van der Waals surface area contributed by atoms with E-state index in [1.165, 1.54) is 11.2 Å². The van der Waals surface area contributed by atoms with Crippen LogP contribution in [0.5, 0.6) is 0 Å². The summed E-state index contributed by atoms with van der Waals surface area (Å²) in [5.41, 5.74) is 0. The summed E-state index contributed by atoms with van der Waals surface area (Å²) in [6, 6.07) is -0.126. The first kappa shape index (κ1) is 17.4. The van der Waals surface area contributed by atoms with E-state index in [4.69, 9.17) is 5.11 Å². The van der Waals surface area contributed by atoms with Crippen LogP contribution in [0.2, 0.25) is 0 Å². The summed E-state index contributed by atoms with van der Waals surface area (Å²) >= 11 is 0. The third-order valence-corrected chi connectivity index (χ3v) is 5.21. The Hall–Kier alpha value is -0.620. The van der Waals surface area contributed by atoms with Crippen LogP contribution in [0.15, 0.2) is 0 Å². The van der Waals surface area contributed by atoms with Gasteiger partial charge in [-0.15, -0.1) is 0 Å². The summed E-state index contributed by atoms with van der Waals surface area (Å²) in [7, 11) is -3.79. The second-order valence-corrected chi connectivity index (χ2v) is 7.17. The number of carboxylic acids is 1. The van der Waals surface area contributed by atoms with E-state index in [2.05, 4.69) is 0 Å². The molecule has 1 N–H and O–H groups in total. The minimum atomic E-state index is -3.79. The molecule has 0 radical (unpaired) electrons. The van der Waals surface area contributed by atoms with E-state index >= 15 is 0 Å². The van der Waals surface area contributed by atoms with Gasteiger partial charge in [0.15, 0.2) is 5.25 Å². The van der Waals surface area contributed by atoms with Crippen LogP contribution < -0.4 is 0 Å². The van der Waals surface area contributed by atoms with Gasteiger partial charge in [-0.3, -0.25) is 4.79 Å². The van der Waals surface area contributed by atoms with Crippen LogP contribution in [0.4, 0.5) is 0 Å². The van der Waals surface area contributed by atoms with Crippen LogP contribution in [0.1, 0.15) is 47.5 Å². The highest BCUT2D eigenvalue weighted by atomic mass is 32.2. The molecular formula is C12H25NO4S. The van der Waals surface area contributed by atoms with Crippen molar-refractivity contribution in [2.45, 2.75) is 58.8 Å². The first-order valence-corrected chi connectivity index (χ1v) is 7.92. The highest BCUT2D eigenvalue weighted by Gasteiger charge is 2.36. The lowest BCUT2D eigenvalue weighted by Crippen LogP contribution is -2.47. The first-order valence-electron chi connectivity index (χ1n) is 6.41. The van der Waals surface area contributed by atoms with Gasteiger partial charge >= 0.3 is 5.97 Å². The number of nitrogens with zero attached hydrogens (tertiary/aromatic N) is 1. The van der Waals surface area contributed by atoms with Gasteiger partial charge in [0, 0.05) is 12.6 Å². The minimum absolute atomic E-state index is 0.126. The van der Waals surface area contributed by atoms with Crippen molar-refractivity contribution in [1.82, 2.24) is 4.31 Å². The van der Waals surface area contributed by atoms with Crippen LogP contribution >= 0.6 is 0 Å². The SMILES string of the molecule is CCC(CC)N(CC(C)C)S(=O)(=O)C(C)C(=O)O. The molecule has 0 fully saturated rings. The predicted octanol–water partition coefficient (Wildman–Crippen LogP) is 1.94. The number of hydrogen-bond donors (Lipinski definition) is 1. The van der Waals surface area contributed by atoms with Gasteiger partial charge in [0.05, 0.1) is 0 Å². The zero-order chi connectivity index (χ0) is 14.5. The molecule has 0 aliphatic carbocycles. The molecule has 0 amide bonds. The van der Waals surface area contributed by atoms with E-state index in [1.54, 1.807) is 0 Å². The van der Waals surface area contributed by atoms with Crippen molar-refractivity contribution in [3.63, 3.8) is 0 Å². The maximum atomic E-state index is 12.3. The quantitative estimate of drug-likeness (QED) is 0.736. The van der Waals surface area contributed by atoms with Crippen molar-refractivity contribution in [3.05, 3.63) is 0 Å².